The van der Waals surface area contributed by atoms with Crippen LogP contribution in [-0.2, 0) is 17.6 Å². The Bertz CT molecular complexity index is 683. The fourth-order valence-corrected chi connectivity index (χ4v) is 3.09. The summed E-state index contributed by atoms with van der Waals surface area (Å²) < 4.78 is 5.19. The van der Waals surface area contributed by atoms with Crippen LogP contribution in [0.2, 0.25) is 0 Å². The zero-order valence-electron chi connectivity index (χ0n) is 15.4. The number of anilines is 1. The summed E-state index contributed by atoms with van der Waals surface area (Å²) in [5.41, 5.74) is 8.96. The van der Waals surface area contributed by atoms with Crippen LogP contribution in [0.4, 0.5) is 5.69 Å². The molecule has 0 fully saturated rings. The first-order chi connectivity index (χ1) is 12.0. The Hall–Kier alpha value is -2.49. The molecular weight excluding hydrogens is 312 g/mol. The Morgan fingerprint density at radius 2 is 1.84 bits per heavy atom. The van der Waals surface area contributed by atoms with Crippen molar-refractivity contribution in [1.29, 1.82) is 0 Å². The van der Waals surface area contributed by atoms with Crippen molar-refractivity contribution >= 4 is 11.6 Å². The summed E-state index contributed by atoms with van der Waals surface area (Å²) >= 11 is 0. The van der Waals surface area contributed by atoms with Gasteiger partial charge in [0.25, 0.3) is 0 Å². The van der Waals surface area contributed by atoms with Gasteiger partial charge in [-0.1, -0.05) is 30.3 Å². The van der Waals surface area contributed by atoms with Crippen molar-refractivity contribution in [3.8, 4) is 5.75 Å². The summed E-state index contributed by atoms with van der Waals surface area (Å²) in [7, 11) is 1.66. The Morgan fingerprint density at radius 3 is 2.44 bits per heavy atom. The summed E-state index contributed by atoms with van der Waals surface area (Å²) in [4.78, 5) is 14.6. The molecule has 0 saturated carbocycles. The van der Waals surface area contributed by atoms with E-state index in [1.165, 1.54) is 5.56 Å². The van der Waals surface area contributed by atoms with Gasteiger partial charge in [-0.3, -0.25) is 4.79 Å². The van der Waals surface area contributed by atoms with E-state index in [0.717, 1.165) is 23.4 Å². The van der Waals surface area contributed by atoms with Crippen LogP contribution in [0.1, 0.15) is 31.4 Å². The van der Waals surface area contributed by atoms with Crippen LogP contribution >= 0.6 is 0 Å². The number of carbonyl (C=O) groups is 1. The highest BCUT2D eigenvalue weighted by atomic mass is 16.5. The van der Waals surface area contributed by atoms with Crippen LogP contribution in [0.5, 0.6) is 5.75 Å². The van der Waals surface area contributed by atoms with Gasteiger partial charge in [-0.05, 0) is 56.0 Å². The number of nitrogens with zero attached hydrogens (tertiary/aromatic N) is 1. The highest BCUT2D eigenvalue weighted by Crippen LogP contribution is 2.17. The van der Waals surface area contributed by atoms with E-state index in [4.69, 9.17) is 10.5 Å². The number of nitrogens with two attached hydrogens (primary N) is 1. The van der Waals surface area contributed by atoms with Crippen LogP contribution in [0, 0.1) is 0 Å². The van der Waals surface area contributed by atoms with Crippen LogP contribution in [-0.4, -0.2) is 30.5 Å². The molecule has 2 rings (SSSR count). The molecule has 25 heavy (non-hydrogen) atoms. The minimum Gasteiger partial charge on any atom is -0.497 e. The molecule has 2 N–H and O–H groups in total. The van der Waals surface area contributed by atoms with Crippen LogP contribution < -0.4 is 10.5 Å². The van der Waals surface area contributed by atoms with E-state index < -0.39 is 0 Å². The highest BCUT2D eigenvalue weighted by molar-refractivity contribution is 5.77. The van der Waals surface area contributed by atoms with Gasteiger partial charge in [-0.2, -0.15) is 0 Å². The van der Waals surface area contributed by atoms with E-state index in [1.807, 2.05) is 48.2 Å². The van der Waals surface area contributed by atoms with Crippen LogP contribution in [0.3, 0.4) is 0 Å². The van der Waals surface area contributed by atoms with Gasteiger partial charge in [0.2, 0.25) is 5.91 Å². The summed E-state index contributed by atoms with van der Waals surface area (Å²) in [6.45, 7) is 4.84. The number of hydrogen-bond acceptors (Lipinski definition) is 3. The average molecular weight is 340 g/mol. The number of benzene rings is 2. The fourth-order valence-electron chi connectivity index (χ4n) is 3.09. The molecule has 0 aromatic heterocycles. The zero-order chi connectivity index (χ0) is 18.2. The molecule has 0 spiro atoms. The molecule has 134 valence electrons. The molecule has 2 aromatic carbocycles. The van der Waals surface area contributed by atoms with E-state index in [1.54, 1.807) is 7.11 Å². The minimum absolute atomic E-state index is 0.152. The summed E-state index contributed by atoms with van der Waals surface area (Å²) in [5.74, 6) is 1.02. The summed E-state index contributed by atoms with van der Waals surface area (Å²) in [5, 5.41) is 0. The van der Waals surface area contributed by atoms with Gasteiger partial charge in [0.15, 0.2) is 0 Å². The van der Waals surface area contributed by atoms with E-state index in [0.29, 0.717) is 19.4 Å². The van der Waals surface area contributed by atoms with Crippen molar-refractivity contribution < 1.29 is 9.53 Å². The lowest BCUT2D eigenvalue weighted by molar-refractivity contribution is -0.132. The third kappa shape index (κ3) is 5.24. The molecule has 1 amide bonds. The molecule has 0 saturated heterocycles. The fraction of sp³-hybridized carbons (Fsp3) is 0.381. The molecule has 4 heteroatoms. The SMILES string of the molecule is CCN(C(=O)CCc1ccccc1N)C(C)Cc1ccc(OC)cc1. The normalized spacial score (nSPS) is 11.8. The molecule has 0 aliphatic heterocycles. The summed E-state index contributed by atoms with van der Waals surface area (Å²) in [6, 6.07) is 15.9. The van der Waals surface area contributed by atoms with Gasteiger partial charge in [0, 0.05) is 24.7 Å². The second-order valence-corrected chi connectivity index (χ2v) is 6.28. The van der Waals surface area contributed by atoms with Gasteiger partial charge in [0.1, 0.15) is 5.75 Å². The van der Waals surface area contributed by atoms with E-state index in [2.05, 4.69) is 19.1 Å². The van der Waals surface area contributed by atoms with Gasteiger partial charge in [-0.25, -0.2) is 0 Å². The van der Waals surface area contributed by atoms with E-state index >= 15 is 0 Å². The molecule has 0 bridgehead atoms. The second kappa shape index (κ2) is 9.11. The number of rotatable bonds is 8. The van der Waals surface area contributed by atoms with Gasteiger partial charge < -0.3 is 15.4 Å². The van der Waals surface area contributed by atoms with Gasteiger partial charge >= 0.3 is 0 Å². The van der Waals surface area contributed by atoms with Crippen molar-refractivity contribution in [2.45, 2.75) is 39.2 Å². The van der Waals surface area contributed by atoms with Crippen LogP contribution in [0.25, 0.3) is 0 Å². The zero-order valence-corrected chi connectivity index (χ0v) is 15.4. The standard InChI is InChI=1S/C21H28N2O2/c1-4-23(16(2)15-17-9-12-19(25-3)13-10-17)21(24)14-11-18-7-5-6-8-20(18)22/h5-10,12-13,16H,4,11,14-15,22H2,1-3H3. The third-order valence-corrected chi connectivity index (χ3v) is 4.55. The monoisotopic (exact) mass is 340 g/mol. The average Bonchev–Trinajstić information content (AvgIpc) is 2.62. The predicted octanol–water partition coefficient (Wildman–Crippen LogP) is 3.69. The number of amides is 1. The lowest BCUT2D eigenvalue weighted by Gasteiger charge is -2.28. The van der Waals surface area contributed by atoms with Crippen molar-refractivity contribution in [2.24, 2.45) is 0 Å². The topological polar surface area (TPSA) is 55.6 Å². The van der Waals surface area contributed by atoms with Gasteiger partial charge in [0.05, 0.1) is 7.11 Å². The predicted molar refractivity (Wildman–Crippen MR) is 103 cm³/mol. The maximum absolute atomic E-state index is 12.7. The van der Waals surface area contributed by atoms with Crippen molar-refractivity contribution in [1.82, 2.24) is 4.90 Å². The maximum atomic E-state index is 12.7. The maximum Gasteiger partial charge on any atom is 0.223 e. The molecule has 1 atom stereocenters. The number of carbonyl (C=O) groups excluding carboxylic acids is 1. The third-order valence-electron chi connectivity index (χ3n) is 4.55. The first-order valence-electron chi connectivity index (χ1n) is 8.81. The number of ether oxygens (including phenoxy) is 1. The number of para-hydroxylation sites is 1. The number of likely N-dealkylation sites (N-methyl/N-ethyl adjacent to an activating group) is 1. The Labute approximate surface area is 150 Å². The largest absolute Gasteiger partial charge is 0.497 e. The van der Waals surface area contributed by atoms with Crippen molar-refractivity contribution in [2.75, 3.05) is 19.4 Å². The smallest absolute Gasteiger partial charge is 0.223 e. The minimum atomic E-state index is 0.152. The van der Waals surface area contributed by atoms with Crippen molar-refractivity contribution in [3.63, 3.8) is 0 Å². The first kappa shape index (κ1) is 18.8. The quantitative estimate of drug-likeness (QED) is 0.746. The molecule has 2 aromatic rings. The molecule has 0 radical (unpaired) electrons. The lowest BCUT2D eigenvalue weighted by atomic mass is 10.0. The van der Waals surface area contributed by atoms with E-state index in [9.17, 15) is 4.79 Å². The van der Waals surface area contributed by atoms with Crippen LogP contribution in [0.15, 0.2) is 48.5 Å². The molecule has 1 unspecified atom stereocenters. The van der Waals surface area contributed by atoms with E-state index in [-0.39, 0.29) is 11.9 Å². The Morgan fingerprint density at radius 1 is 1.16 bits per heavy atom. The Balaban J connectivity index is 1.94. The lowest BCUT2D eigenvalue weighted by Crippen LogP contribution is -2.39. The van der Waals surface area contributed by atoms with Gasteiger partial charge in [-0.15, -0.1) is 0 Å². The number of methoxy groups -OCH3 is 1. The Kier molecular flexibility index (Phi) is 6.87. The number of aryl methyl sites for hydroxylation is 1. The second-order valence-electron chi connectivity index (χ2n) is 6.28. The van der Waals surface area contributed by atoms with Crippen molar-refractivity contribution in [3.05, 3.63) is 59.7 Å². The number of nitrogen functional groups attached to an aromatic ring is 1. The molecule has 0 aliphatic rings. The molecule has 4 nitrogen and oxygen atoms in total. The first-order valence-corrected chi connectivity index (χ1v) is 8.81. The number of hydrogen-bond donors (Lipinski definition) is 1. The highest BCUT2D eigenvalue weighted by Gasteiger charge is 2.19. The molecule has 0 aliphatic carbocycles. The summed E-state index contributed by atoms with van der Waals surface area (Å²) in [6.07, 6.45) is 1.99. The molecular formula is C21H28N2O2. The molecule has 0 heterocycles.